The van der Waals surface area contributed by atoms with Crippen molar-refractivity contribution in [3.05, 3.63) is 53.1 Å². The molecule has 0 aliphatic heterocycles. The smallest absolute Gasteiger partial charge is 0.251 e. The Balaban J connectivity index is 2.22. The minimum Gasteiger partial charge on any atom is -0.461 e. The Bertz CT molecular complexity index is 846. The number of aliphatic hydroxyl groups is 4. The van der Waals surface area contributed by atoms with Crippen LogP contribution in [0.3, 0.4) is 0 Å². The molecule has 0 aromatic heterocycles. The lowest BCUT2D eigenvalue weighted by molar-refractivity contribution is -0.201. The van der Waals surface area contributed by atoms with Crippen LogP contribution in [-0.2, 0) is 4.74 Å². The highest BCUT2D eigenvalue weighted by atomic mass is 35.5. The molecule has 9 heteroatoms. The number of aliphatic hydroxyl groups excluding tert-OH is 4. The van der Waals surface area contributed by atoms with Crippen LogP contribution < -0.4 is 10.1 Å². The molecule has 2 rings (SSSR count). The van der Waals surface area contributed by atoms with E-state index in [1.807, 2.05) is 6.07 Å². The van der Waals surface area contributed by atoms with Gasteiger partial charge in [0.15, 0.2) is 0 Å². The van der Waals surface area contributed by atoms with Crippen LogP contribution >= 0.6 is 11.6 Å². The van der Waals surface area contributed by atoms with Crippen molar-refractivity contribution in [2.24, 2.45) is 0 Å². The zero-order valence-corrected chi connectivity index (χ0v) is 17.4. The lowest BCUT2D eigenvalue weighted by Gasteiger charge is -2.28. The Kier molecular flexibility index (Phi) is 9.04. The Labute approximate surface area is 179 Å². The van der Waals surface area contributed by atoms with Gasteiger partial charge in [0.05, 0.1) is 18.2 Å². The van der Waals surface area contributed by atoms with Gasteiger partial charge in [-0.15, -0.1) is 0 Å². The molecule has 0 fully saturated rings. The number of nitrogens with one attached hydrogen (secondary N) is 1. The molecule has 0 saturated carbocycles. The molecule has 0 aliphatic rings. The Morgan fingerprint density at radius 2 is 1.80 bits per heavy atom. The average Bonchev–Trinajstić information content (AvgIpc) is 2.76. The maximum Gasteiger partial charge on any atom is 0.251 e. The number of hydrogen-bond acceptors (Lipinski definition) is 7. The number of carbonyl (C=O) groups excluding carboxylic acids is 1. The van der Waals surface area contributed by atoms with Gasteiger partial charge in [0, 0.05) is 12.6 Å². The van der Waals surface area contributed by atoms with E-state index in [2.05, 4.69) is 5.32 Å². The molecule has 4 atom stereocenters. The first-order valence-electron chi connectivity index (χ1n) is 9.32. The molecule has 2 aromatic carbocycles. The molecule has 8 nitrogen and oxygen atoms in total. The lowest BCUT2D eigenvalue weighted by atomic mass is 10.0. The summed E-state index contributed by atoms with van der Waals surface area (Å²) in [7, 11) is 1.56. The number of amides is 1. The summed E-state index contributed by atoms with van der Waals surface area (Å²) in [6, 6.07) is 12.0. The summed E-state index contributed by atoms with van der Waals surface area (Å²) in [5.41, 5.74) is 2.03. The number of hydrogen-bond donors (Lipinski definition) is 5. The highest BCUT2D eigenvalue weighted by molar-refractivity contribution is 6.32. The van der Waals surface area contributed by atoms with E-state index in [4.69, 9.17) is 26.2 Å². The highest BCUT2D eigenvalue weighted by Crippen LogP contribution is 2.32. The molecule has 0 aliphatic carbocycles. The summed E-state index contributed by atoms with van der Waals surface area (Å²) in [6.07, 6.45) is -4.86. The second kappa shape index (κ2) is 11.3. The number of benzene rings is 2. The van der Waals surface area contributed by atoms with Crippen LogP contribution in [0, 0.1) is 0 Å². The van der Waals surface area contributed by atoms with Crippen LogP contribution in [0.25, 0.3) is 11.1 Å². The van der Waals surface area contributed by atoms with Crippen molar-refractivity contribution in [3.8, 4) is 16.9 Å². The number of ether oxygens (including phenoxy) is 2. The summed E-state index contributed by atoms with van der Waals surface area (Å²) in [6.45, 7) is 0.210. The quantitative estimate of drug-likeness (QED) is 0.352. The van der Waals surface area contributed by atoms with Gasteiger partial charge in [0.1, 0.15) is 24.1 Å². The van der Waals surface area contributed by atoms with Gasteiger partial charge in [-0.1, -0.05) is 29.8 Å². The first-order valence-corrected chi connectivity index (χ1v) is 9.70. The van der Waals surface area contributed by atoms with Crippen molar-refractivity contribution in [3.63, 3.8) is 0 Å². The van der Waals surface area contributed by atoms with E-state index in [0.29, 0.717) is 5.56 Å². The minimum absolute atomic E-state index is 0.205. The van der Waals surface area contributed by atoms with Crippen LogP contribution in [0.1, 0.15) is 17.3 Å². The predicted octanol–water partition coefficient (Wildman–Crippen LogP) is 1.18. The fourth-order valence-corrected chi connectivity index (χ4v) is 2.90. The van der Waals surface area contributed by atoms with Gasteiger partial charge in [0.25, 0.3) is 5.91 Å². The fourth-order valence-electron chi connectivity index (χ4n) is 2.67. The van der Waals surface area contributed by atoms with Crippen molar-refractivity contribution in [2.45, 2.75) is 31.5 Å². The molecule has 30 heavy (non-hydrogen) atoms. The molecule has 5 N–H and O–H groups in total. The minimum atomic E-state index is -1.34. The summed E-state index contributed by atoms with van der Waals surface area (Å²) >= 11 is 6.34. The largest absolute Gasteiger partial charge is 0.461 e. The molecular formula is C21H26ClNO7. The number of carbonyl (C=O) groups is 1. The molecule has 0 radical (unpaired) electrons. The second-order valence-corrected chi connectivity index (χ2v) is 7.05. The van der Waals surface area contributed by atoms with Crippen molar-refractivity contribution >= 4 is 17.5 Å². The molecule has 0 bridgehead atoms. The van der Waals surface area contributed by atoms with Crippen molar-refractivity contribution in [2.75, 3.05) is 20.3 Å². The van der Waals surface area contributed by atoms with Crippen molar-refractivity contribution in [1.82, 2.24) is 5.32 Å². The van der Waals surface area contributed by atoms with Crippen LogP contribution in [0.15, 0.2) is 42.5 Å². The SMILES string of the molecule is CNC(=O)c1cccc(-c2ccc(OC(OC(CO)C(O)CO)C(C)O)c(Cl)c2)c1. The van der Waals surface area contributed by atoms with E-state index >= 15 is 0 Å². The normalized spacial score (nSPS) is 15.2. The Morgan fingerprint density at radius 1 is 1.10 bits per heavy atom. The zero-order chi connectivity index (χ0) is 22.3. The van der Waals surface area contributed by atoms with Gasteiger partial charge >= 0.3 is 0 Å². The second-order valence-electron chi connectivity index (χ2n) is 6.64. The fraction of sp³-hybridized carbons (Fsp3) is 0.381. The monoisotopic (exact) mass is 439 g/mol. The van der Waals surface area contributed by atoms with Gasteiger partial charge in [-0.3, -0.25) is 4.79 Å². The molecular weight excluding hydrogens is 414 g/mol. The van der Waals surface area contributed by atoms with E-state index in [9.17, 15) is 20.1 Å². The Hall–Kier alpha value is -2.20. The lowest BCUT2D eigenvalue weighted by Crippen LogP contribution is -2.43. The van der Waals surface area contributed by atoms with Gasteiger partial charge < -0.3 is 35.2 Å². The van der Waals surface area contributed by atoms with Gasteiger partial charge in [0.2, 0.25) is 6.29 Å². The van der Waals surface area contributed by atoms with Crippen LogP contribution in [0.4, 0.5) is 0 Å². The van der Waals surface area contributed by atoms with Gasteiger partial charge in [-0.2, -0.15) is 0 Å². The predicted molar refractivity (Wildman–Crippen MR) is 111 cm³/mol. The van der Waals surface area contributed by atoms with E-state index in [-0.39, 0.29) is 16.7 Å². The van der Waals surface area contributed by atoms with Crippen molar-refractivity contribution in [1.29, 1.82) is 0 Å². The van der Waals surface area contributed by atoms with Crippen LogP contribution in [-0.4, -0.2) is 71.2 Å². The van der Waals surface area contributed by atoms with E-state index in [1.54, 1.807) is 43.4 Å². The number of halogens is 1. The van der Waals surface area contributed by atoms with Crippen LogP contribution in [0.2, 0.25) is 5.02 Å². The average molecular weight is 440 g/mol. The molecule has 0 heterocycles. The first-order chi connectivity index (χ1) is 14.3. The maximum absolute atomic E-state index is 11.8. The third-order valence-electron chi connectivity index (χ3n) is 4.36. The Morgan fingerprint density at radius 3 is 2.37 bits per heavy atom. The molecule has 0 saturated heterocycles. The van der Waals surface area contributed by atoms with Crippen LogP contribution in [0.5, 0.6) is 5.75 Å². The van der Waals surface area contributed by atoms with E-state index in [0.717, 1.165) is 11.1 Å². The third kappa shape index (κ3) is 6.15. The summed E-state index contributed by atoms with van der Waals surface area (Å²) in [4.78, 5) is 11.8. The molecule has 2 aromatic rings. The van der Waals surface area contributed by atoms with Gasteiger partial charge in [-0.05, 0) is 42.3 Å². The zero-order valence-electron chi connectivity index (χ0n) is 16.7. The molecule has 1 amide bonds. The number of rotatable bonds is 10. The standard InChI is InChI=1S/C21H26ClNO7/c1-12(26)21(30-19(11-25)17(27)10-24)29-18-7-6-14(9-16(18)22)13-4-3-5-15(8-13)20(28)23-2/h3-9,12,17,19,21,24-27H,10-11H2,1-2H3,(H,23,28). The molecule has 164 valence electrons. The summed E-state index contributed by atoms with van der Waals surface area (Å²) in [5, 5.41) is 40.8. The molecule has 0 spiro atoms. The van der Waals surface area contributed by atoms with E-state index in [1.165, 1.54) is 6.92 Å². The van der Waals surface area contributed by atoms with Gasteiger partial charge in [-0.25, -0.2) is 0 Å². The molecule has 4 unspecified atom stereocenters. The topological polar surface area (TPSA) is 128 Å². The van der Waals surface area contributed by atoms with E-state index < -0.39 is 37.8 Å². The highest BCUT2D eigenvalue weighted by Gasteiger charge is 2.27. The van der Waals surface area contributed by atoms with Crippen molar-refractivity contribution < 1.29 is 34.7 Å². The first kappa shape index (κ1) is 24.1. The third-order valence-corrected chi connectivity index (χ3v) is 4.65. The summed E-state index contributed by atoms with van der Waals surface area (Å²) < 4.78 is 11.0. The summed E-state index contributed by atoms with van der Waals surface area (Å²) in [5.74, 6) is 0.00674. The maximum atomic E-state index is 11.8.